The van der Waals surface area contributed by atoms with Crippen LogP contribution in [0, 0.1) is 17.6 Å². The number of carbonyl (C=O) groups is 1. The van der Waals surface area contributed by atoms with Crippen molar-refractivity contribution < 1.29 is 13.6 Å². The standard InChI is InChI=1S/C17H15F2NOS/c1-2-13-16(21)5-7-20(12-6-8-22-10-12)17(13)14-4-3-11(18)9-15(14)19/h3-10,13,17H,2H2,1H3. The molecular weight excluding hydrogens is 304 g/mol. The highest BCUT2D eigenvalue weighted by atomic mass is 32.1. The van der Waals surface area contributed by atoms with Crippen LogP contribution in [-0.2, 0) is 4.79 Å². The molecule has 2 heterocycles. The van der Waals surface area contributed by atoms with Gasteiger partial charge in [0, 0.05) is 29.1 Å². The summed E-state index contributed by atoms with van der Waals surface area (Å²) in [6.07, 6.45) is 3.80. The van der Waals surface area contributed by atoms with E-state index in [0.717, 1.165) is 11.8 Å². The van der Waals surface area contributed by atoms with Gasteiger partial charge >= 0.3 is 0 Å². The van der Waals surface area contributed by atoms with Gasteiger partial charge in [0.25, 0.3) is 0 Å². The summed E-state index contributed by atoms with van der Waals surface area (Å²) in [6.45, 7) is 1.90. The van der Waals surface area contributed by atoms with Crippen molar-refractivity contribution in [2.45, 2.75) is 19.4 Å². The van der Waals surface area contributed by atoms with Gasteiger partial charge in [0.1, 0.15) is 11.6 Å². The minimum absolute atomic E-state index is 0.0253. The van der Waals surface area contributed by atoms with Crippen molar-refractivity contribution in [1.29, 1.82) is 0 Å². The highest BCUT2D eigenvalue weighted by Gasteiger charge is 2.36. The van der Waals surface area contributed by atoms with Crippen LogP contribution in [-0.4, -0.2) is 5.78 Å². The quantitative estimate of drug-likeness (QED) is 0.817. The molecule has 1 aromatic carbocycles. The van der Waals surface area contributed by atoms with Gasteiger partial charge in [0.2, 0.25) is 0 Å². The van der Waals surface area contributed by atoms with Crippen molar-refractivity contribution in [3.8, 4) is 0 Å². The normalized spacial score (nSPS) is 21.4. The molecule has 2 unspecified atom stereocenters. The number of anilines is 1. The molecule has 0 aliphatic carbocycles. The van der Waals surface area contributed by atoms with E-state index in [1.54, 1.807) is 6.20 Å². The van der Waals surface area contributed by atoms with Crippen molar-refractivity contribution in [3.05, 3.63) is 64.5 Å². The number of allylic oxidation sites excluding steroid dienone is 1. The molecule has 2 nitrogen and oxygen atoms in total. The Morgan fingerprint density at radius 2 is 2.09 bits per heavy atom. The predicted octanol–water partition coefficient (Wildman–Crippen LogP) is 4.70. The number of carbonyl (C=O) groups excluding carboxylic acids is 1. The summed E-state index contributed by atoms with van der Waals surface area (Å²) in [5.41, 5.74) is 1.25. The van der Waals surface area contributed by atoms with Gasteiger partial charge in [-0.25, -0.2) is 8.78 Å². The zero-order valence-electron chi connectivity index (χ0n) is 12.0. The second-order valence-corrected chi connectivity index (χ2v) is 6.01. The molecule has 0 fully saturated rings. The van der Waals surface area contributed by atoms with Crippen molar-refractivity contribution in [2.75, 3.05) is 4.90 Å². The number of hydrogen-bond donors (Lipinski definition) is 0. The van der Waals surface area contributed by atoms with Gasteiger partial charge in [0.15, 0.2) is 5.78 Å². The van der Waals surface area contributed by atoms with Crippen LogP contribution < -0.4 is 4.90 Å². The van der Waals surface area contributed by atoms with Crippen LogP contribution in [0.3, 0.4) is 0 Å². The third-order valence-electron chi connectivity index (χ3n) is 3.97. The Morgan fingerprint density at radius 3 is 2.73 bits per heavy atom. The van der Waals surface area contributed by atoms with Crippen LogP contribution in [0.2, 0.25) is 0 Å². The smallest absolute Gasteiger partial charge is 0.162 e. The SMILES string of the molecule is CCC1C(=O)C=CN(c2ccsc2)C1c1ccc(F)cc1F. The fourth-order valence-electron chi connectivity index (χ4n) is 2.90. The fourth-order valence-corrected chi connectivity index (χ4v) is 3.54. The summed E-state index contributed by atoms with van der Waals surface area (Å²) in [7, 11) is 0. The molecule has 0 bridgehead atoms. The number of hydrogen-bond acceptors (Lipinski definition) is 3. The third-order valence-corrected chi connectivity index (χ3v) is 4.64. The Kier molecular flexibility index (Phi) is 4.07. The lowest BCUT2D eigenvalue weighted by molar-refractivity contribution is -0.119. The van der Waals surface area contributed by atoms with Gasteiger partial charge in [-0.15, -0.1) is 0 Å². The second kappa shape index (κ2) is 6.01. The zero-order valence-corrected chi connectivity index (χ0v) is 12.8. The van der Waals surface area contributed by atoms with Crippen LogP contribution in [0.25, 0.3) is 0 Å². The minimum Gasteiger partial charge on any atom is -0.339 e. The monoisotopic (exact) mass is 319 g/mol. The first-order valence-corrected chi connectivity index (χ1v) is 8.03. The molecule has 1 aliphatic heterocycles. The minimum atomic E-state index is -0.619. The summed E-state index contributed by atoms with van der Waals surface area (Å²) in [5.74, 6) is -1.62. The maximum atomic E-state index is 14.3. The average molecular weight is 319 g/mol. The van der Waals surface area contributed by atoms with E-state index in [2.05, 4.69) is 0 Å². The molecule has 0 radical (unpaired) electrons. The zero-order chi connectivity index (χ0) is 15.7. The lowest BCUT2D eigenvalue weighted by atomic mass is 9.84. The summed E-state index contributed by atoms with van der Waals surface area (Å²) in [4.78, 5) is 14.1. The van der Waals surface area contributed by atoms with Gasteiger partial charge in [-0.1, -0.05) is 13.0 Å². The fraction of sp³-hybridized carbons (Fsp3) is 0.235. The summed E-state index contributed by atoms with van der Waals surface area (Å²) >= 11 is 1.53. The predicted molar refractivity (Wildman–Crippen MR) is 83.8 cm³/mol. The molecule has 22 heavy (non-hydrogen) atoms. The van der Waals surface area contributed by atoms with Crippen LogP contribution in [0.4, 0.5) is 14.5 Å². The van der Waals surface area contributed by atoms with E-state index in [4.69, 9.17) is 0 Å². The second-order valence-electron chi connectivity index (χ2n) is 5.23. The van der Waals surface area contributed by atoms with E-state index in [1.165, 1.54) is 29.5 Å². The highest BCUT2D eigenvalue weighted by Crippen LogP contribution is 2.40. The summed E-state index contributed by atoms with van der Waals surface area (Å²) in [6, 6.07) is 5.00. The van der Waals surface area contributed by atoms with Crippen LogP contribution in [0.1, 0.15) is 24.9 Å². The Bertz CT molecular complexity index is 711. The topological polar surface area (TPSA) is 20.3 Å². The maximum absolute atomic E-state index is 14.3. The summed E-state index contributed by atoms with van der Waals surface area (Å²) < 4.78 is 27.5. The van der Waals surface area contributed by atoms with Crippen LogP contribution in [0.15, 0.2) is 47.3 Å². The summed E-state index contributed by atoms with van der Waals surface area (Å²) in [5, 5.41) is 3.87. The number of benzene rings is 1. The van der Waals surface area contributed by atoms with Crippen molar-refractivity contribution in [3.63, 3.8) is 0 Å². The van der Waals surface area contributed by atoms with Crippen molar-refractivity contribution in [1.82, 2.24) is 0 Å². The molecule has 0 saturated carbocycles. The van der Waals surface area contributed by atoms with Gasteiger partial charge in [0.05, 0.1) is 11.7 Å². The number of nitrogens with zero attached hydrogens (tertiary/aromatic N) is 1. The first-order valence-electron chi connectivity index (χ1n) is 7.09. The molecule has 1 aromatic heterocycles. The maximum Gasteiger partial charge on any atom is 0.162 e. The molecule has 5 heteroatoms. The Labute approximate surface area is 131 Å². The van der Waals surface area contributed by atoms with E-state index < -0.39 is 17.7 Å². The van der Waals surface area contributed by atoms with E-state index in [9.17, 15) is 13.6 Å². The number of thiophene rings is 1. The molecule has 0 spiro atoms. The van der Waals surface area contributed by atoms with E-state index in [0.29, 0.717) is 12.0 Å². The Hall–Kier alpha value is -2.01. The largest absolute Gasteiger partial charge is 0.339 e. The average Bonchev–Trinajstić information content (AvgIpc) is 3.01. The van der Waals surface area contributed by atoms with Gasteiger partial charge in [-0.3, -0.25) is 4.79 Å². The number of ketones is 1. The molecule has 0 saturated heterocycles. The van der Waals surface area contributed by atoms with Gasteiger partial charge in [-0.2, -0.15) is 11.3 Å². The molecule has 114 valence electrons. The lowest BCUT2D eigenvalue weighted by Crippen LogP contribution is -2.37. The van der Waals surface area contributed by atoms with Crippen LogP contribution >= 0.6 is 11.3 Å². The molecule has 0 amide bonds. The third kappa shape index (κ3) is 2.57. The molecule has 2 aromatic rings. The Balaban J connectivity index is 2.12. The van der Waals surface area contributed by atoms with E-state index >= 15 is 0 Å². The van der Waals surface area contributed by atoms with Crippen molar-refractivity contribution in [2.24, 2.45) is 5.92 Å². The van der Waals surface area contributed by atoms with Crippen molar-refractivity contribution >= 4 is 22.8 Å². The van der Waals surface area contributed by atoms with Gasteiger partial charge < -0.3 is 4.90 Å². The first-order chi connectivity index (χ1) is 10.6. The van der Waals surface area contributed by atoms with Crippen LogP contribution in [0.5, 0.6) is 0 Å². The highest BCUT2D eigenvalue weighted by molar-refractivity contribution is 7.08. The lowest BCUT2D eigenvalue weighted by Gasteiger charge is -2.38. The molecular formula is C17H15F2NOS. The number of rotatable bonds is 3. The first kappa shape index (κ1) is 14.9. The molecule has 2 atom stereocenters. The van der Waals surface area contributed by atoms with E-state index in [1.807, 2.05) is 28.7 Å². The molecule has 3 rings (SSSR count). The molecule has 0 N–H and O–H groups in total. The Morgan fingerprint density at radius 1 is 1.27 bits per heavy atom. The number of halogens is 2. The molecule has 1 aliphatic rings. The van der Waals surface area contributed by atoms with Gasteiger partial charge in [-0.05, 0) is 30.0 Å². The van der Waals surface area contributed by atoms with E-state index in [-0.39, 0.29) is 11.7 Å².